The van der Waals surface area contributed by atoms with Crippen molar-refractivity contribution in [3.05, 3.63) is 29.8 Å². The number of hydrogen-bond donors (Lipinski definition) is 0. The molecule has 1 aromatic carbocycles. The van der Waals surface area contributed by atoms with E-state index < -0.39 is 10.1 Å². The second-order valence-electron chi connectivity index (χ2n) is 5.99. The molecule has 126 valence electrons. The topological polar surface area (TPSA) is 57.2 Å². The maximum absolute atomic E-state index is 11.2. The van der Waals surface area contributed by atoms with Crippen LogP contribution in [0.2, 0.25) is 0 Å². The van der Waals surface area contributed by atoms with E-state index in [0.29, 0.717) is 12.0 Å². The Labute approximate surface area is 154 Å². The fraction of sp³-hybridized carbons (Fsp3) is 0.667. The molecule has 0 atom stereocenters. The monoisotopic (exact) mass is 332 g/mol. The van der Waals surface area contributed by atoms with Gasteiger partial charge in [0.25, 0.3) is 0 Å². The van der Waals surface area contributed by atoms with E-state index in [1.54, 1.807) is 18.2 Å². The fourth-order valence-electron chi connectivity index (χ4n) is 2.76. The third-order valence-electron chi connectivity index (χ3n) is 4.04. The summed E-state index contributed by atoms with van der Waals surface area (Å²) in [6.07, 6.45) is 13.2. The van der Waals surface area contributed by atoms with Gasteiger partial charge in [0.15, 0.2) is 0 Å². The van der Waals surface area contributed by atoms with Gasteiger partial charge in [-0.25, -0.2) is 8.42 Å². The second-order valence-corrected chi connectivity index (χ2v) is 7.34. The van der Waals surface area contributed by atoms with Gasteiger partial charge in [0.2, 0.25) is 0 Å². The molecule has 0 spiro atoms. The van der Waals surface area contributed by atoms with Crippen LogP contribution in [0.15, 0.2) is 29.2 Å². The van der Waals surface area contributed by atoms with Gasteiger partial charge in [-0.05, 0) is 24.5 Å². The molecule has 0 aliphatic rings. The Hall–Kier alpha value is -0.273. The van der Waals surface area contributed by atoms with Gasteiger partial charge in [0.05, 0.1) is 4.90 Å². The fourth-order valence-corrected chi connectivity index (χ4v) is 3.49. The number of hydrogen-bond acceptors (Lipinski definition) is 3. The van der Waals surface area contributed by atoms with E-state index in [4.69, 9.17) is 0 Å². The van der Waals surface area contributed by atoms with Gasteiger partial charge < -0.3 is 4.55 Å². The maximum Gasteiger partial charge on any atom is 1.00 e. The summed E-state index contributed by atoms with van der Waals surface area (Å²) in [5, 5.41) is 0. The zero-order valence-corrected chi connectivity index (χ0v) is 15.5. The van der Waals surface area contributed by atoms with Crippen LogP contribution in [0, 0.1) is 0 Å². The first-order valence-electron chi connectivity index (χ1n) is 8.59. The summed E-state index contributed by atoms with van der Waals surface area (Å²) in [7, 11) is -4.35. The van der Waals surface area contributed by atoms with Crippen molar-refractivity contribution in [1.82, 2.24) is 0 Å². The van der Waals surface area contributed by atoms with E-state index in [-0.39, 0.29) is 23.8 Å². The largest absolute Gasteiger partial charge is 1.00 e. The first kappa shape index (κ1) is 22.7. The summed E-state index contributed by atoms with van der Waals surface area (Å²) < 4.78 is 33.5. The van der Waals surface area contributed by atoms with E-state index in [0.717, 1.165) is 12.8 Å². The van der Waals surface area contributed by atoms with Crippen LogP contribution in [-0.2, 0) is 16.5 Å². The first-order valence-corrected chi connectivity index (χ1v) is 10.0. The molecule has 0 aliphatic carbocycles. The quantitative estimate of drug-likeness (QED) is 0.334. The number of benzene rings is 1. The smallest absolute Gasteiger partial charge is 0.744 e. The maximum atomic E-state index is 11.2. The SMILES string of the molecule is CCCCCCCCCCCCc1ccccc1S(=O)(=O)[O-].[Li+]. The van der Waals surface area contributed by atoms with Crippen LogP contribution < -0.4 is 18.9 Å². The Bertz CT molecular complexity index is 515. The molecule has 1 rings (SSSR count). The van der Waals surface area contributed by atoms with Crippen molar-refractivity contribution in [2.45, 2.75) is 82.4 Å². The van der Waals surface area contributed by atoms with Gasteiger partial charge in [-0.1, -0.05) is 82.9 Å². The Kier molecular flexibility index (Phi) is 12.9. The molecule has 0 radical (unpaired) electrons. The molecular weight excluding hydrogens is 303 g/mol. The second kappa shape index (κ2) is 13.1. The van der Waals surface area contributed by atoms with E-state index >= 15 is 0 Å². The van der Waals surface area contributed by atoms with E-state index in [2.05, 4.69) is 6.92 Å². The molecule has 0 amide bonds. The van der Waals surface area contributed by atoms with Crippen molar-refractivity contribution in [1.29, 1.82) is 0 Å². The molecule has 0 heterocycles. The van der Waals surface area contributed by atoms with E-state index in [1.165, 1.54) is 57.4 Å². The summed E-state index contributed by atoms with van der Waals surface area (Å²) in [5.74, 6) is 0. The Morgan fingerprint density at radius 2 is 1.30 bits per heavy atom. The predicted molar refractivity (Wildman–Crippen MR) is 90.0 cm³/mol. The molecule has 0 unspecified atom stereocenters. The van der Waals surface area contributed by atoms with Crippen LogP contribution in [0.4, 0.5) is 0 Å². The molecule has 0 saturated heterocycles. The van der Waals surface area contributed by atoms with Gasteiger partial charge in [-0.2, -0.15) is 0 Å². The van der Waals surface area contributed by atoms with Crippen LogP contribution >= 0.6 is 0 Å². The van der Waals surface area contributed by atoms with Crippen LogP contribution in [0.5, 0.6) is 0 Å². The molecular formula is C18H29LiO3S. The predicted octanol–water partition coefficient (Wildman–Crippen LogP) is 2.06. The minimum atomic E-state index is -4.35. The van der Waals surface area contributed by atoms with Gasteiger partial charge in [-0.15, -0.1) is 0 Å². The molecule has 0 bridgehead atoms. The standard InChI is InChI=1S/C18H30O3S.Li/c1-2-3-4-5-6-7-8-9-10-11-14-17-15-12-13-16-18(17)22(19,20)21;/h12-13,15-16H,2-11,14H2,1H3,(H,19,20,21);/q;+1/p-1. The van der Waals surface area contributed by atoms with E-state index in [9.17, 15) is 13.0 Å². The molecule has 5 heteroatoms. The molecule has 0 aromatic heterocycles. The third-order valence-corrected chi connectivity index (χ3v) is 4.98. The Morgan fingerprint density at radius 1 is 0.826 bits per heavy atom. The summed E-state index contributed by atoms with van der Waals surface area (Å²) in [4.78, 5) is -0.0501. The number of aryl methyl sites for hydroxylation is 1. The third kappa shape index (κ3) is 10.2. The van der Waals surface area contributed by atoms with Gasteiger partial charge >= 0.3 is 18.9 Å². The summed E-state index contributed by atoms with van der Waals surface area (Å²) in [6.45, 7) is 2.23. The van der Waals surface area contributed by atoms with Crippen molar-refractivity contribution in [2.24, 2.45) is 0 Å². The molecule has 0 fully saturated rings. The van der Waals surface area contributed by atoms with Crippen LogP contribution in [0.1, 0.15) is 76.7 Å². The molecule has 0 saturated carbocycles. The number of unbranched alkanes of at least 4 members (excludes halogenated alkanes) is 9. The zero-order chi connectivity index (χ0) is 16.3. The van der Waals surface area contributed by atoms with Crippen LogP contribution in [-0.4, -0.2) is 13.0 Å². The van der Waals surface area contributed by atoms with Crippen LogP contribution in [0.3, 0.4) is 0 Å². The zero-order valence-electron chi connectivity index (χ0n) is 14.7. The molecule has 0 aliphatic heterocycles. The number of rotatable bonds is 12. The van der Waals surface area contributed by atoms with Gasteiger partial charge in [0.1, 0.15) is 10.1 Å². The summed E-state index contributed by atoms with van der Waals surface area (Å²) in [5.41, 5.74) is 0.664. The average molecular weight is 332 g/mol. The Balaban J connectivity index is 0.00000484. The average Bonchev–Trinajstić information content (AvgIpc) is 2.48. The van der Waals surface area contributed by atoms with Crippen molar-refractivity contribution < 1.29 is 31.8 Å². The molecule has 23 heavy (non-hydrogen) atoms. The molecule has 0 N–H and O–H groups in total. The van der Waals surface area contributed by atoms with E-state index in [1.807, 2.05) is 0 Å². The van der Waals surface area contributed by atoms with Gasteiger partial charge in [-0.3, -0.25) is 0 Å². The van der Waals surface area contributed by atoms with Crippen molar-refractivity contribution in [2.75, 3.05) is 0 Å². The minimum absolute atomic E-state index is 0. The minimum Gasteiger partial charge on any atom is -0.744 e. The van der Waals surface area contributed by atoms with Crippen molar-refractivity contribution in [3.8, 4) is 0 Å². The normalized spacial score (nSPS) is 11.2. The van der Waals surface area contributed by atoms with Crippen molar-refractivity contribution in [3.63, 3.8) is 0 Å². The van der Waals surface area contributed by atoms with Crippen LogP contribution in [0.25, 0.3) is 0 Å². The molecule has 3 nitrogen and oxygen atoms in total. The summed E-state index contributed by atoms with van der Waals surface area (Å²) >= 11 is 0. The first-order chi connectivity index (χ1) is 10.6. The Morgan fingerprint density at radius 3 is 1.83 bits per heavy atom. The summed E-state index contributed by atoms with van der Waals surface area (Å²) in [6, 6.07) is 6.56. The molecule has 1 aromatic rings. The van der Waals surface area contributed by atoms with Gasteiger partial charge in [0, 0.05) is 0 Å². The van der Waals surface area contributed by atoms with Crippen molar-refractivity contribution >= 4 is 10.1 Å².